The number of rotatable bonds is 6. The summed E-state index contributed by atoms with van der Waals surface area (Å²) >= 11 is 0. The molecule has 7 heteroatoms. The van der Waals surface area contributed by atoms with E-state index in [1.165, 1.54) is 28.6 Å². The van der Waals surface area contributed by atoms with Crippen LogP contribution in [0.2, 0.25) is 0 Å². The molecule has 0 unspecified atom stereocenters. The molecule has 3 aromatic carbocycles. The van der Waals surface area contributed by atoms with Crippen LogP contribution in [0.3, 0.4) is 0 Å². The van der Waals surface area contributed by atoms with Gasteiger partial charge in [-0.1, -0.05) is 42.0 Å². The number of aryl methyl sites for hydroxylation is 1. The zero-order valence-corrected chi connectivity index (χ0v) is 18.7. The maximum absolute atomic E-state index is 13.6. The van der Waals surface area contributed by atoms with Crippen LogP contribution in [0.5, 0.6) is 0 Å². The predicted molar refractivity (Wildman–Crippen MR) is 123 cm³/mol. The molecule has 1 aliphatic rings. The first-order valence-electron chi connectivity index (χ1n) is 10.7. The number of hydrogen-bond acceptors (Lipinski definition) is 2. The van der Waals surface area contributed by atoms with Gasteiger partial charge in [0.1, 0.15) is 11.6 Å². The van der Waals surface area contributed by atoms with Crippen molar-refractivity contribution in [3.05, 3.63) is 101 Å². The number of hydrogen-bond donors (Lipinski definition) is 1. The summed E-state index contributed by atoms with van der Waals surface area (Å²) in [5, 5.41) is 0. The molecule has 0 aromatic heterocycles. The van der Waals surface area contributed by atoms with Gasteiger partial charge in [-0.15, -0.1) is 0 Å². The third kappa shape index (κ3) is 5.16. The highest BCUT2D eigenvalue weighted by Gasteiger charge is 2.34. The van der Waals surface area contributed by atoms with Gasteiger partial charge in [0.2, 0.25) is 0 Å². The minimum absolute atomic E-state index is 0.0331. The molecule has 1 saturated heterocycles. The highest BCUT2D eigenvalue weighted by Crippen LogP contribution is 2.38. The lowest BCUT2D eigenvalue weighted by Gasteiger charge is -2.37. The average molecular weight is 457 g/mol. The van der Waals surface area contributed by atoms with E-state index in [1.807, 2.05) is 19.1 Å². The van der Waals surface area contributed by atoms with Crippen molar-refractivity contribution in [2.24, 2.45) is 5.92 Å². The summed E-state index contributed by atoms with van der Waals surface area (Å²) in [6, 6.07) is 19.7. The summed E-state index contributed by atoms with van der Waals surface area (Å²) in [5.41, 5.74) is 3.33. The van der Waals surface area contributed by atoms with E-state index in [0.29, 0.717) is 25.2 Å². The lowest BCUT2D eigenvalue weighted by atomic mass is 9.77. The fourth-order valence-electron chi connectivity index (χ4n) is 4.38. The Bertz CT molecular complexity index is 1100. The molecule has 0 bridgehead atoms. The molecule has 1 atom stereocenters. The Morgan fingerprint density at radius 2 is 1.41 bits per heavy atom. The molecule has 0 spiro atoms. The minimum atomic E-state index is -3.73. The van der Waals surface area contributed by atoms with E-state index in [1.54, 1.807) is 36.4 Å². The predicted octanol–water partition coefficient (Wildman–Crippen LogP) is 5.47. The van der Waals surface area contributed by atoms with Gasteiger partial charge in [-0.2, -0.15) is 12.7 Å². The van der Waals surface area contributed by atoms with Gasteiger partial charge in [0.15, 0.2) is 0 Å². The first-order valence-corrected chi connectivity index (χ1v) is 12.1. The fraction of sp³-hybridized carbons (Fsp3) is 0.280. The molecule has 0 radical (unpaired) electrons. The molecule has 168 valence electrons. The number of piperidine rings is 1. The van der Waals surface area contributed by atoms with E-state index in [0.717, 1.165) is 23.1 Å². The van der Waals surface area contributed by atoms with Gasteiger partial charge in [-0.05, 0) is 73.2 Å². The molecule has 0 aliphatic carbocycles. The van der Waals surface area contributed by atoms with Crippen LogP contribution in [-0.4, -0.2) is 25.8 Å². The van der Waals surface area contributed by atoms with E-state index >= 15 is 0 Å². The monoisotopic (exact) mass is 456 g/mol. The molecular weight excluding hydrogens is 430 g/mol. The minimum Gasteiger partial charge on any atom is -0.271 e. The van der Waals surface area contributed by atoms with Gasteiger partial charge < -0.3 is 0 Å². The van der Waals surface area contributed by atoms with Crippen LogP contribution >= 0.6 is 0 Å². The second-order valence-electron chi connectivity index (χ2n) is 8.31. The van der Waals surface area contributed by atoms with Gasteiger partial charge in [0.25, 0.3) is 0 Å². The molecule has 4 nitrogen and oxygen atoms in total. The molecule has 32 heavy (non-hydrogen) atoms. The Kier molecular flexibility index (Phi) is 6.58. The summed E-state index contributed by atoms with van der Waals surface area (Å²) in [6.45, 7) is 2.69. The maximum atomic E-state index is 13.6. The first-order chi connectivity index (χ1) is 15.3. The van der Waals surface area contributed by atoms with Crippen LogP contribution in [0, 0.1) is 24.5 Å². The first kappa shape index (κ1) is 22.4. The highest BCUT2D eigenvalue weighted by molar-refractivity contribution is 7.90. The third-order valence-corrected chi connectivity index (χ3v) is 7.49. The van der Waals surface area contributed by atoms with Crippen molar-refractivity contribution < 1.29 is 17.2 Å². The van der Waals surface area contributed by atoms with Crippen LogP contribution < -0.4 is 4.72 Å². The Hall–Kier alpha value is -2.77. The normalized spacial score (nSPS) is 17.4. The van der Waals surface area contributed by atoms with Crippen molar-refractivity contribution >= 4 is 15.9 Å². The zero-order valence-electron chi connectivity index (χ0n) is 17.8. The topological polar surface area (TPSA) is 49.4 Å². The third-order valence-electron chi connectivity index (χ3n) is 5.99. The molecule has 1 aliphatic heterocycles. The number of anilines is 1. The van der Waals surface area contributed by atoms with Crippen molar-refractivity contribution in [3.63, 3.8) is 0 Å². The van der Waals surface area contributed by atoms with Gasteiger partial charge in [-0.25, -0.2) is 8.78 Å². The summed E-state index contributed by atoms with van der Waals surface area (Å²) in [5.74, 6) is -0.869. The second kappa shape index (κ2) is 9.38. The number of nitrogens with one attached hydrogen (secondary N) is 1. The SMILES string of the molecule is Cc1ccc(NS(=O)(=O)N2CCC[C@H](C(c3ccc(F)cc3)c3ccc(F)cc3)C2)cc1. The second-order valence-corrected chi connectivity index (χ2v) is 9.98. The number of benzene rings is 3. The van der Waals surface area contributed by atoms with E-state index in [4.69, 9.17) is 0 Å². The summed E-state index contributed by atoms with van der Waals surface area (Å²) in [7, 11) is -3.73. The van der Waals surface area contributed by atoms with Crippen LogP contribution in [0.4, 0.5) is 14.5 Å². The van der Waals surface area contributed by atoms with Crippen LogP contribution in [0.1, 0.15) is 35.4 Å². The van der Waals surface area contributed by atoms with Crippen LogP contribution in [-0.2, 0) is 10.2 Å². The van der Waals surface area contributed by atoms with E-state index < -0.39 is 10.2 Å². The number of nitrogens with zero attached hydrogens (tertiary/aromatic N) is 1. The summed E-state index contributed by atoms with van der Waals surface area (Å²) in [4.78, 5) is 0. The standard InChI is InChI=1S/C25H26F2N2O2S/c1-18-4-14-24(15-5-18)28-32(30,31)29-16-2-3-21(17-29)25(19-6-10-22(26)11-7-19)20-8-12-23(27)13-9-20/h4-15,21,25,28H,2-3,16-17H2,1H3/t21-/m0/s1. The Morgan fingerprint density at radius 1 is 0.875 bits per heavy atom. The lowest BCUT2D eigenvalue weighted by molar-refractivity contribution is 0.250. The van der Waals surface area contributed by atoms with E-state index in [-0.39, 0.29) is 23.5 Å². The molecule has 1 heterocycles. The quantitative estimate of drug-likeness (QED) is 0.534. The van der Waals surface area contributed by atoms with Crippen molar-refractivity contribution in [3.8, 4) is 0 Å². The Balaban J connectivity index is 1.61. The van der Waals surface area contributed by atoms with E-state index in [2.05, 4.69) is 4.72 Å². The molecule has 3 aromatic rings. The maximum Gasteiger partial charge on any atom is 0.301 e. The van der Waals surface area contributed by atoms with Crippen LogP contribution in [0.15, 0.2) is 72.8 Å². The van der Waals surface area contributed by atoms with Crippen molar-refractivity contribution in [2.75, 3.05) is 17.8 Å². The van der Waals surface area contributed by atoms with E-state index in [9.17, 15) is 17.2 Å². The molecular formula is C25H26F2N2O2S. The zero-order chi connectivity index (χ0) is 22.7. The van der Waals surface area contributed by atoms with Gasteiger partial charge in [0, 0.05) is 24.7 Å². The van der Waals surface area contributed by atoms with Crippen LogP contribution in [0.25, 0.3) is 0 Å². The van der Waals surface area contributed by atoms with Crippen molar-refractivity contribution in [1.29, 1.82) is 0 Å². The summed E-state index contributed by atoms with van der Waals surface area (Å²) < 4.78 is 57.4. The Labute approximate surface area is 188 Å². The average Bonchev–Trinajstić information content (AvgIpc) is 2.78. The Morgan fingerprint density at radius 3 is 1.94 bits per heavy atom. The molecule has 1 fully saturated rings. The highest BCUT2D eigenvalue weighted by atomic mass is 32.2. The van der Waals surface area contributed by atoms with Crippen molar-refractivity contribution in [1.82, 2.24) is 4.31 Å². The van der Waals surface area contributed by atoms with Gasteiger partial charge in [-0.3, -0.25) is 4.72 Å². The van der Waals surface area contributed by atoms with Crippen molar-refractivity contribution in [2.45, 2.75) is 25.7 Å². The summed E-state index contributed by atoms with van der Waals surface area (Å²) in [6.07, 6.45) is 1.52. The van der Waals surface area contributed by atoms with Gasteiger partial charge in [0.05, 0.1) is 0 Å². The lowest BCUT2D eigenvalue weighted by Crippen LogP contribution is -2.44. The molecule has 0 saturated carbocycles. The molecule has 4 rings (SSSR count). The number of halogens is 2. The molecule has 1 N–H and O–H groups in total. The smallest absolute Gasteiger partial charge is 0.271 e. The van der Waals surface area contributed by atoms with Gasteiger partial charge >= 0.3 is 10.2 Å². The fourth-order valence-corrected chi connectivity index (χ4v) is 5.70. The largest absolute Gasteiger partial charge is 0.301 e. The molecule has 0 amide bonds.